The lowest BCUT2D eigenvalue weighted by molar-refractivity contribution is 0.469. The summed E-state index contributed by atoms with van der Waals surface area (Å²) in [6.45, 7) is 4.44. The molecule has 0 saturated carbocycles. The molecule has 0 bridgehead atoms. The number of nitrogens with one attached hydrogen (secondary N) is 1. The van der Waals surface area contributed by atoms with Crippen LogP contribution in [0.15, 0.2) is 41.8 Å². The van der Waals surface area contributed by atoms with Crippen molar-refractivity contribution < 1.29 is 0 Å². The van der Waals surface area contributed by atoms with Gasteiger partial charge in [0.2, 0.25) is 0 Å². The summed E-state index contributed by atoms with van der Waals surface area (Å²) in [6.07, 6.45) is 1.14. The summed E-state index contributed by atoms with van der Waals surface area (Å²) in [7, 11) is 2.06. The van der Waals surface area contributed by atoms with Crippen LogP contribution in [0.5, 0.6) is 0 Å². The second kappa shape index (κ2) is 6.17. The van der Waals surface area contributed by atoms with Gasteiger partial charge in [0.1, 0.15) is 0 Å². The summed E-state index contributed by atoms with van der Waals surface area (Å²) in [4.78, 5) is 1.38. The van der Waals surface area contributed by atoms with E-state index in [1.165, 1.54) is 16.0 Å². The van der Waals surface area contributed by atoms with E-state index in [0.29, 0.717) is 12.0 Å². The summed E-state index contributed by atoms with van der Waals surface area (Å²) in [5.74, 6) is 0.533. The molecule has 1 aromatic carbocycles. The Morgan fingerprint density at radius 2 is 1.89 bits per heavy atom. The number of likely N-dealkylation sites (N-methyl/N-ethyl adjacent to an activating group) is 1. The molecule has 1 N–H and O–H groups in total. The molecule has 0 amide bonds. The molecule has 2 rings (SSSR count). The first kappa shape index (κ1) is 13.3. The van der Waals surface area contributed by atoms with E-state index in [2.05, 4.69) is 68.0 Å². The van der Waals surface area contributed by atoms with Crippen LogP contribution in [0, 0.1) is 6.92 Å². The van der Waals surface area contributed by atoms with Crippen LogP contribution in [-0.2, 0) is 0 Å². The van der Waals surface area contributed by atoms with Gasteiger partial charge in [-0.15, -0.1) is 11.3 Å². The molecule has 2 heteroatoms. The predicted molar refractivity (Wildman–Crippen MR) is 80.3 cm³/mol. The van der Waals surface area contributed by atoms with E-state index in [1.807, 2.05) is 11.3 Å². The highest BCUT2D eigenvalue weighted by Crippen LogP contribution is 2.35. The van der Waals surface area contributed by atoms with E-state index < -0.39 is 0 Å². The van der Waals surface area contributed by atoms with Gasteiger partial charge in [-0.25, -0.2) is 0 Å². The fourth-order valence-electron chi connectivity index (χ4n) is 2.59. The maximum atomic E-state index is 3.49. The van der Waals surface area contributed by atoms with E-state index in [-0.39, 0.29) is 0 Å². The fourth-order valence-corrected chi connectivity index (χ4v) is 3.33. The van der Waals surface area contributed by atoms with Crippen LogP contribution in [0.4, 0.5) is 0 Å². The number of hydrogen-bond donors (Lipinski definition) is 1. The number of hydrogen-bond acceptors (Lipinski definition) is 2. The Morgan fingerprint density at radius 1 is 1.17 bits per heavy atom. The molecule has 0 fully saturated rings. The zero-order chi connectivity index (χ0) is 13.0. The first-order chi connectivity index (χ1) is 8.76. The third-order valence-corrected chi connectivity index (χ3v) is 4.37. The highest BCUT2D eigenvalue weighted by molar-refractivity contribution is 7.10. The molecule has 2 atom stereocenters. The van der Waals surface area contributed by atoms with Crippen LogP contribution in [-0.4, -0.2) is 7.05 Å². The van der Waals surface area contributed by atoms with Crippen molar-refractivity contribution in [1.82, 2.24) is 5.32 Å². The van der Waals surface area contributed by atoms with Crippen LogP contribution in [0.2, 0.25) is 0 Å². The van der Waals surface area contributed by atoms with E-state index in [9.17, 15) is 0 Å². The van der Waals surface area contributed by atoms with E-state index in [1.54, 1.807) is 0 Å². The summed E-state index contributed by atoms with van der Waals surface area (Å²) in [5.41, 5.74) is 2.83. The maximum absolute atomic E-state index is 3.49. The molecule has 0 spiro atoms. The minimum atomic E-state index is 0.405. The standard InChI is InChI=1S/C16H21NS/c1-4-15(13-8-6-5-7-9-13)16(17-3)14-10-12(2)18-11-14/h5-11,15-17H,4H2,1-3H3. The SMILES string of the molecule is CCC(c1ccccc1)C(NC)c1csc(C)c1. The molecular weight excluding hydrogens is 238 g/mol. The van der Waals surface area contributed by atoms with Gasteiger partial charge in [-0.1, -0.05) is 37.3 Å². The molecule has 2 unspecified atom stereocenters. The van der Waals surface area contributed by atoms with E-state index in [0.717, 1.165) is 6.42 Å². The molecule has 0 aliphatic heterocycles. The van der Waals surface area contributed by atoms with Crippen molar-refractivity contribution in [1.29, 1.82) is 0 Å². The van der Waals surface area contributed by atoms with Crippen molar-refractivity contribution in [2.24, 2.45) is 0 Å². The van der Waals surface area contributed by atoms with Crippen LogP contribution in [0.25, 0.3) is 0 Å². The molecule has 18 heavy (non-hydrogen) atoms. The van der Waals surface area contributed by atoms with Crippen LogP contribution in [0.1, 0.15) is 41.3 Å². The Balaban J connectivity index is 2.30. The smallest absolute Gasteiger partial charge is 0.0395 e. The highest BCUT2D eigenvalue weighted by atomic mass is 32.1. The lowest BCUT2D eigenvalue weighted by Crippen LogP contribution is -2.23. The minimum Gasteiger partial charge on any atom is -0.312 e. The zero-order valence-electron chi connectivity index (χ0n) is 11.3. The van der Waals surface area contributed by atoms with Crippen molar-refractivity contribution in [2.75, 3.05) is 7.05 Å². The zero-order valence-corrected chi connectivity index (χ0v) is 12.1. The minimum absolute atomic E-state index is 0.405. The predicted octanol–water partition coefficient (Wildman–Crippen LogP) is 4.51. The molecule has 96 valence electrons. The van der Waals surface area contributed by atoms with Crippen molar-refractivity contribution >= 4 is 11.3 Å². The Morgan fingerprint density at radius 3 is 2.39 bits per heavy atom. The average Bonchev–Trinajstić information content (AvgIpc) is 2.83. The Kier molecular flexibility index (Phi) is 4.56. The molecule has 0 saturated heterocycles. The molecule has 0 radical (unpaired) electrons. The number of benzene rings is 1. The molecule has 1 heterocycles. The largest absolute Gasteiger partial charge is 0.312 e. The highest BCUT2D eigenvalue weighted by Gasteiger charge is 2.22. The monoisotopic (exact) mass is 259 g/mol. The number of thiophene rings is 1. The lowest BCUT2D eigenvalue weighted by atomic mass is 9.86. The second-order valence-corrected chi connectivity index (χ2v) is 5.80. The van der Waals surface area contributed by atoms with Gasteiger partial charge in [0.15, 0.2) is 0 Å². The van der Waals surface area contributed by atoms with Gasteiger partial charge in [-0.2, -0.15) is 0 Å². The Labute approximate surface area is 114 Å². The van der Waals surface area contributed by atoms with Crippen LogP contribution >= 0.6 is 11.3 Å². The Hall–Kier alpha value is -1.12. The summed E-state index contributed by atoms with van der Waals surface area (Å²) >= 11 is 1.83. The molecular formula is C16H21NS. The molecule has 0 aliphatic rings. The summed E-state index contributed by atoms with van der Waals surface area (Å²) < 4.78 is 0. The topological polar surface area (TPSA) is 12.0 Å². The third-order valence-electron chi connectivity index (χ3n) is 3.49. The van der Waals surface area contributed by atoms with Crippen LogP contribution in [0.3, 0.4) is 0 Å². The third kappa shape index (κ3) is 2.82. The maximum Gasteiger partial charge on any atom is 0.0395 e. The Bertz CT molecular complexity index is 475. The van der Waals surface area contributed by atoms with Gasteiger partial charge in [0, 0.05) is 16.8 Å². The summed E-state index contributed by atoms with van der Waals surface area (Å²) in [5, 5.41) is 5.77. The average molecular weight is 259 g/mol. The van der Waals surface area contributed by atoms with Gasteiger partial charge in [-0.05, 0) is 43.0 Å². The van der Waals surface area contributed by atoms with Gasteiger partial charge in [0.25, 0.3) is 0 Å². The van der Waals surface area contributed by atoms with E-state index in [4.69, 9.17) is 0 Å². The molecule has 0 aliphatic carbocycles. The molecule has 2 aromatic rings. The quantitative estimate of drug-likeness (QED) is 0.833. The van der Waals surface area contributed by atoms with Gasteiger partial charge >= 0.3 is 0 Å². The normalized spacial score (nSPS) is 14.4. The number of aryl methyl sites for hydroxylation is 1. The molecule has 1 aromatic heterocycles. The summed E-state index contributed by atoms with van der Waals surface area (Å²) in [6, 6.07) is 13.5. The fraction of sp³-hybridized carbons (Fsp3) is 0.375. The van der Waals surface area contributed by atoms with Crippen molar-refractivity contribution in [3.63, 3.8) is 0 Å². The van der Waals surface area contributed by atoms with Crippen molar-refractivity contribution in [3.05, 3.63) is 57.8 Å². The first-order valence-electron chi connectivity index (χ1n) is 6.53. The molecule has 1 nitrogen and oxygen atoms in total. The second-order valence-electron chi connectivity index (χ2n) is 4.68. The van der Waals surface area contributed by atoms with Crippen molar-refractivity contribution in [2.45, 2.75) is 32.2 Å². The first-order valence-corrected chi connectivity index (χ1v) is 7.41. The van der Waals surface area contributed by atoms with E-state index >= 15 is 0 Å². The lowest BCUT2D eigenvalue weighted by Gasteiger charge is -2.26. The van der Waals surface area contributed by atoms with Gasteiger partial charge in [0.05, 0.1) is 0 Å². The number of rotatable bonds is 5. The van der Waals surface area contributed by atoms with Crippen LogP contribution < -0.4 is 5.32 Å². The van der Waals surface area contributed by atoms with Gasteiger partial charge in [-0.3, -0.25) is 0 Å². The van der Waals surface area contributed by atoms with Gasteiger partial charge < -0.3 is 5.32 Å². The van der Waals surface area contributed by atoms with Crippen molar-refractivity contribution in [3.8, 4) is 0 Å².